The van der Waals surface area contributed by atoms with Crippen LogP contribution in [0.4, 0.5) is 0 Å². The van der Waals surface area contributed by atoms with Crippen molar-refractivity contribution >= 4 is 34.8 Å². The van der Waals surface area contributed by atoms with Crippen molar-refractivity contribution in [2.45, 2.75) is 13.3 Å². The number of benzene rings is 1. The molecule has 1 aromatic rings. The minimum Gasteiger partial charge on any atom is -0.489 e. The lowest BCUT2D eigenvalue weighted by atomic mass is 10.3. The maximum Gasteiger partial charge on any atom is 0.156 e. The molecule has 1 aromatic carbocycles. The number of rotatable bonds is 6. The van der Waals surface area contributed by atoms with Crippen LogP contribution in [0.5, 0.6) is 5.75 Å². The Balaban J connectivity index is 2.47. The topological polar surface area (TPSA) is 23.3 Å². The summed E-state index contributed by atoms with van der Waals surface area (Å²) in [6, 6.07) is 3.21. The lowest BCUT2D eigenvalue weighted by molar-refractivity contribution is 0.313. The van der Waals surface area contributed by atoms with Crippen LogP contribution in [0.25, 0.3) is 0 Å². The van der Waals surface area contributed by atoms with Crippen LogP contribution in [-0.4, -0.2) is 19.7 Å². The van der Waals surface area contributed by atoms with Crippen LogP contribution in [0.15, 0.2) is 12.1 Å². The van der Waals surface area contributed by atoms with E-state index in [9.17, 15) is 0 Å². The van der Waals surface area contributed by atoms with Gasteiger partial charge in [-0.1, -0.05) is 41.7 Å². The first-order valence-electron chi connectivity index (χ1n) is 5.05. The Morgan fingerprint density at radius 3 is 2.31 bits per heavy atom. The van der Waals surface area contributed by atoms with Gasteiger partial charge in [-0.3, -0.25) is 0 Å². The van der Waals surface area contributed by atoms with Gasteiger partial charge in [-0.2, -0.15) is 0 Å². The normalized spacial score (nSPS) is 10.5. The van der Waals surface area contributed by atoms with Gasteiger partial charge < -0.3 is 4.74 Å². The molecular formula is C11H13Cl3NO. The summed E-state index contributed by atoms with van der Waals surface area (Å²) in [5.74, 6) is 0.472. The number of ether oxygens (including phenoxy) is 1. The van der Waals surface area contributed by atoms with Crippen LogP contribution in [-0.2, 0) is 0 Å². The zero-order valence-corrected chi connectivity index (χ0v) is 11.2. The van der Waals surface area contributed by atoms with Crippen LogP contribution >= 0.6 is 34.8 Å². The number of hydrogen-bond acceptors (Lipinski definition) is 1. The second kappa shape index (κ2) is 7.23. The van der Waals surface area contributed by atoms with Crippen molar-refractivity contribution < 1.29 is 4.74 Å². The first kappa shape index (κ1) is 13.9. The lowest BCUT2D eigenvalue weighted by Crippen LogP contribution is -2.15. The highest BCUT2D eigenvalue weighted by molar-refractivity contribution is 6.40. The Hall–Kier alpha value is -0.150. The van der Waals surface area contributed by atoms with Gasteiger partial charge in [0.1, 0.15) is 6.61 Å². The van der Waals surface area contributed by atoms with Gasteiger partial charge in [0.05, 0.1) is 10.0 Å². The monoisotopic (exact) mass is 280 g/mol. The standard InChI is InChI=1S/C11H13Cl3NO/c1-2-3-15-4-5-16-11-9(13)6-8(12)7-10(11)14/h6-7H,2-5H2,1H3. The molecule has 0 bridgehead atoms. The maximum atomic E-state index is 5.95. The predicted molar refractivity (Wildman–Crippen MR) is 69.1 cm³/mol. The molecule has 89 valence electrons. The van der Waals surface area contributed by atoms with E-state index in [1.165, 1.54) is 0 Å². The molecule has 0 saturated carbocycles. The van der Waals surface area contributed by atoms with Crippen LogP contribution < -0.4 is 10.1 Å². The summed E-state index contributed by atoms with van der Waals surface area (Å²) in [6.07, 6.45) is 1.04. The summed E-state index contributed by atoms with van der Waals surface area (Å²) in [5.41, 5.74) is 0. The van der Waals surface area contributed by atoms with E-state index in [1.807, 2.05) is 0 Å². The average Bonchev–Trinajstić information content (AvgIpc) is 2.20. The SMILES string of the molecule is CCC[N]CCOc1c(Cl)cc(Cl)cc1Cl. The molecule has 0 fully saturated rings. The van der Waals surface area contributed by atoms with Gasteiger partial charge in [0.25, 0.3) is 0 Å². The summed E-state index contributed by atoms with van der Waals surface area (Å²) in [4.78, 5) is 0. The molecule has 0 saturated heterocycles. The molecule has 0 aliphatic heterocycles. The Morgan fingerprint density at radius 2 is 1.75 bits per heavy atom. The molecular weight excluding hydrogens is 268 g/mol. The molecule has 0 aliphatic carbocycles. The van der Waals surface area contributed by atoms with E-state index in [2.05, 4.69) is 12.2 Å². The Labute approximate surface area is 111 Å². The third-order valence-electron chi connectivity index (χ3n) is 1.84. The molecule has 0 spiro atoms. The quantitative estimate of drug-likeness (QED) is 0.722. The first-order valence-corrected chi connectivity index (χ1v) is 6.19. The Morgan fingerprint density at radius 1 is 1.12 bits per heavy atom. The van der Waals surface area contributed by atoms with E-state index < -0.39 is 0 Å². The highest BCUT2D eigenvalue weighted by atomic mass is 35.5. The van der Waals surface area contributed by atoms with Gasteiger partial charge in [-0.25, -0.2) is 5.32 Å². The van der Waals surface area contributed by atoms with Crippen molar-refractivity contribution in [3.63, 3.8) is 0 Å². The molecule has 5 heteroatoms. The largest absolute Gasteiger partial charge is 0.489 e. The number of hydrogen-bond donors (Lipinski definition) is 0. The van der Waals surface area contributed by atoms with Crippen molar-refractivity contribution in [3.8, 4) is 5.75 Å². The van der Waals surface area contributed by atoms with Gasteiger partial charge in [0, 0.05) is 18.1 Å². The van der Waals surface area contributed by atoms with Crippen LogP contribution in [0, 0.1) is 0 Å². The molecule has 16 heavy (non-hydrogen) atoms. The van der Waals surface area contributed by atoms with Gasteiger partial charge in [0.15, 0.2) is 5.75 Å². The summed E-state index contributed by atoms with van der Waals surface area (Å²) < 4.78 is 5.45. The molecule has 0 aliphatic rings. The summed E-state index contributed by atoms with van der Waals surface area (Å²) in [5, 5.41) is 5.59. The minimum absolute atomic E-state index is 0.424. The van der Waals surface area contributed by atoms with Crippen LogP contribution in [0.1, 0.15) is 13.3 Å². The third-order valence-corrected chi connectivity index (χ3v) is 2.62. The summed E-state index contributed by atoms with van der Waals surface area (Å²) in [7, 11) is 0. The fourth-order valence-electron chi connectivity index (χ4n) is 1.15. The van der Waals surface area contributed by atoms with Gasteiger partial charge in [0.2, 0.25) is 0 Å². The minimum atomic E-state index is 0.424. The molecule has 2 nitrogen and oxygen atoms in total. The fraction of sp³-hybridized carbons (Fsp3) is 0.455. The summed E-state index contributed by atoms with van der Waals surface area (Å²) in [6.45, 7) is 4.05. The molecule has 0 amide bonds. The van der Waals surface area contributed by atoms with Crippen LogP contribution in [0.3, 0.4) is 0 Å². The van der Waals surface area contributed by atoms with Crippen LogP contribution in [0.2, 0.25) is 15.1 Å². The lowest BCUT2D eigenvalue weighted by Gasteiger charge is -2.10. The molecule has 0 unspecified atom stereocenters. The van der Waals surface area contributed by atoms with E-state index in [4.69, 9.17) is 39.5 Å². The number of halogens is 3. The van der Waals surface area contributed by atoms with Gasteiger partial charge in [-0.05, 0) is 18.6 Å². The highest BCUT2D eigenvalue weighted by Crippen LogP contribution is 2.35. The van der Waals surface area contributed by atoms with Crippen molar-refractivity contribution in [2.75, 3.05) is 19.7 Å². The molecule has 0 atom stereocenters. The van der Waals surface area contributed by atoms with E-state index in [0.29, 0.717) is 34.0 Å². The van der Waals surface area contributed by atoms with Crippen molar-refractivity contribution in [1.82, 2.24) is 5.32 Å². The second-order valence-electron chi connectivity index (χ2n) is 3.22. The molecule has 0 N–H and O–H groups in total. The van der Waals surface area contributed by atoms with E-state index >= 15 is 0 Å². The van der Waals surface area contributed by atoms with Crippen molar-refractivity contribution in [1.29, 1.82) is 0 Å². The molecule has 0 heterocycles. The average molecular weight is 282 g/mol. The van der Waals surface area contributed by atoms with E-state index in [1.54, 1.807) is 12.1 Å². The van der Waals surface area contributed by atoms with Gasteiger partial charge in [-0.15, -0.1) is 0 Å². The molecule has 1 radical (unpaired) electrons. The van der Waals surface area contributed by atoms with E-state index in [-0.39, 0.29) is 0 Å². The second-order valence-corrected chi connectivity index (χ2v) is 4.47. The van der Waals surface area contributed by atoms with Crippen molar-refractivity contribution in [2.24, 2.45) is 0 Å². The predicted octanol–water partition coefficient (Wildman–Crippen LogP) is 4.04. The highest BCUT2D eigenvalue weighted by Gasteiger charge is 2.08. The smallest absolute Gasteiger partial charge is 0.156 e. The zero-order valence-electron chi connectivity index (χ0n) is 8.97. The van der Waals surface area contributed by atoms with Gasteiger partial charge >= 0.3 is 0 Å². The number of nitrogens with zero attached hydrogens (tertiary/aromatic N) is 1. The van der Waals surface area contributed by atoms with Crippen molar-refractivity contribution in [3.05, 3.63) is 27.2 Å². The zero-order chi connectivity index (χ0) is 12.0. The Kier molecular flexibility index (Phi) is 6.29. The maximum absolute atomic E-state index is 5.95. The molecule has 1 rings (SSSR count). The molecule has 0 aromatic heterocycles. The first-order chi connectivity index (χ1) is 7.65. The summed E-state index contributed by atoms with van der Waals surface area (Å²) >= 11 is 17.7. The Bertz CT molecular complexity index is 321. The third kappa shape index (κ3) is 4.38. The fourth-order valence-corrected chi connectivity index (χ4v) is 2.08. The van der Waals surface area contributed by atoms with E-state index in [0.717, 1.165) is 13.0 Å².